The van der Waals surface area contributed by atoms with Crippen molar-refractivity contribution in [2.24, 2.45) is 0 Å². The van der Waals surface area contributed by atoms with Gasteiger partial charge in [-0.2, -0.15) is 5.10 Å². The van der Waals surface area contributed by atoms with Gasteiger partial charge in [0.05, 0.1) is 0 Å². The highest BCUT2D eigenvalue weighted by Crippen LogP contribution is 2.34. The van der Waals surface area contributed by atoms with Gasteiger partial charge in [-0.25, -0.2) is 4.68 Å². The van der Waals surface area contributed by atoms with Crippen LogP contribution in [0.25, 0.3) is 0 Å². The average molecular weight is 368 g/mol. The van der Waals surface area contributed by atoms with E-state index in [0.29, 0.717) is 17.8 Å². The maximum absolute atomic E-state index is 12.6. The Hall–Kier alpha value is -2.34. The van der Waals surface area contributed by atoms with Gasteiger partial charge in [0.1, 0.15) is 11.4 Å². The van der Waals surface area contributed by atoms with Crippen LogP contribution in [0.3, 0.4) is 0 Å². The molecule has 4 rings (SSSR count). The van der Waals surface area contributed by atoms with Crippen molar-refractivity contribution >= 4 is 5.91 Å². The second kappa shape index (κ2) is 7.35. The van der Waals surface area contributed by atoms with E-state index in [1.165, 1.54) is 18.4 Å². The van der Waals surface area contributed by atoms with E-state index < -0.39 is 0 Å². The van der Waals surface area contributed by atoms with Crippen molar-refractivity contribution in [1.82, 2.24) is 20.0 Å². The van der Waals surface area contributed by atoms with Gasteiger partial charge in [0.25, 0.3) is 5.91 Å². The molecule has 144 valence electrons. The molecule has 2 bridgehead atoms. The molecular formula is C21H28N4O2. The quantitative estimate of drug-likeness (QED) is 0.882. The lowest BCUT2D eigenvalue weighted by Gasteiger charge is -2.36. The first-order valence-corrected chi connectivity index (χ1v) is 9.76. The Morgan fingerprint density at radius 2 is 1.96 bits per heavy atom. The van der Waals surface area contributed by atoms with Crippen LogP contribution in [0.15, 0.2) is 30.5 Å². The number of carbonyl (C=O) groups is 1. The third kappa shape index (κ3) is 3.86. The molecule has 3 heterocycles. The number of fused-ring (bicyclic) bond motifs is 2. The Balaban J connectivity index is 1.33. The molecule has 27 heavy (non-hydrogen) atoms. The molecule has 1 N–H and O–H groups in total. The third-order valence-corrected chi connectivity index (χ3v) is 5.99. The van der Waals surface area contributed by atoms with E-state index in [-0.39, 0.29) is 18.7 Å². The van der Waals surface area contributed by atoms with E-state index in [2.05, 4.69) is 35.4 Å². The molecule has 0 saturated carbocycles. The predicted molar refractivity (Wildman–Crippen MR) is 104 cm³/mol. The number of hydrogen-bond acceptors (Lipinski definition) is 4. The summed E-state index contributed by atoms with van der Waals surface area (Å²) in [6, 6.07) is 9.31. The standard InChI is InChI=1S/C21H28N4O2/c1-14-4-7-20(15(2)10-14)27-13-25-9-8-19(23-25)21(26)22-16-11-17-5-6-18(12-16)24(17)3/h4,7-10,16-18H,5-6,11-13H2,1-3H3,(H,22,26)/t17-,18-/m1/s1. The highest BCUT2D eigenvalue weighted by molar-refractivity contribution is 5.92. The summed E-state index contributed by atoms with van der Waals surface area (Å²) >= 11 is 0. The van der Waals surface area contributed by atoms with Crippen LogP contribution in [0.5, 0.6) is 5.75 Å². The van der Waals surface area contributed by atoms with Gasteiger partial charge in [0, 0.05) is 24.3 Å². The van der Waals surface area contributed by atoms with E-state index >= 15 is 0 Å². The van der Waals surface area contributed by atoms with Gasteiger partial charge in [0.2, 0.25) is 0 Å². The van der Waals surface area contributed by atoms with Crippen molar-refractivity contribution in [2.75, 3.05) is 7.05 Å². The Labute approximate surface area is 160 Å². The van der Waals surface area contributed by atoms with Gasteiger partial charge >= 0.3 is 0 Å². The second-order valence-corrected chi connectivity index (χ2v) is 7.98. The fourth-order valence-corrected chi connectivity index (χ4v) is 4.44. The molecule has 1 aromatic heterocycles. The summed E-state index contributed by atoms with van der Waals surface area (Å²) in [5.74, 6) is 0.748. The van der Waals surface area contributed by atoms with Crippen LogP contribution in [0.2, 0.25) is 0 Å². The van der Waals surface area contributed by atoms with Crippen molar-refractivity contribution < 1.29 is 9.53 Å². The second-order valence-electron chi connectivity index (χ2n) is 7.98. The molecule has 1 aromatic carbocycles. The fourth-order valence-electron chi connectivity index (χ4n) is 4.44. The van der Waals surface area contributed by atoms with E-state index in [0.717, 1.165) is 24.2 Å². The molecular weight excluding hydrogens is 340 g/mol. The van der Waals surface area contributed by atoms with Crippen LogP contribution in [0.4, 0.5) is 0 Å². The summed E-state index contributed by atoms with van der Waals surface area (Å²) in [6.07, 6.45) is 6.36. The molecule has 6 nitrogen and oxygen atoms in total. The number of aromatic nitrogens is 2. The first-order chi connectivity index (χ1) is 13.0. The molecule has 2 aliphatic heterocycles. The number of rotatable bonds is 5. The molecule has 0 aliphatic carbocycles. The minimum absolute atomic E-state index is 0.0887. The van der Waals surface area contributed by atoms with Crippen molar-refractivity contribution in [2.45, 2.75) is 64.4 Å². The Morgan fingerprint density at radius 3 is 2.67 bits per heavy atom. The van der Waals surface area contributed by atoms with Crippen LogP contribution in [0.1, 0.15) is 47.3 Å². The van der Waals surface area contributed by atoms with Crippen LogP contribution < -0.4 is 10.1 Å². The first kappa shape index (κ1) is 18.0. The molecule has 2 aromatic rings. The SMILES string of the molecule is Cc1ccc(OCn2ccc(C(=O)NC3C[C@H]4CC[C@H](C3)N4C)n2)c(C)c1. The zero-order valence-corrected chi connectivity index (χ0v) is 16.3. The fraction of sp³-hybridized carbons (Fsp3) is 0.524. The maximum atomic E-state index is 12.6. The number of hydrogen-bond donors (Lipinski definition) is 1. The van der Waals surface area contributed by atoms with Crippen molar-refractivity contribution in [1.29, 1.82) is 0 Å². The van der Waals surface area contributed by atoms with Gasteiger partial charge in [-0.05, 0) is 64.3 Å². The molecule has 0 radical (unpaired) electrons. The van der Waals surface area contributed by atoms with Crippen molar-refractivity contribution in [3.05, 3.63) is 47.3 Å². The molecule has 1 amide bonds. The normalized spacial score (nSPS) is 24.8. The molecule has 0 spiro atoms. The lowest BCUT2D eigenvalue weighted by Crippen LogP contribution is -2.48. The van der Waals surface area contributed by atoms with Gasteiger partial charge in [-0.1, -0.05) is 17.7 Å². The van der Waals surface area contributed by atoms with Crippen LogP contribution in [-0.2, 0) is 6.73 Å². The topological polar surface area (TPSA) is 59.4 Å². The van der Waals surface area contributed by atoms with Crippen LogP contribution in [-0.4, -0.2) is 45.8 Å². The zero-order chi connectivity index (χ0) is 19.0. The van der Waals surface area contributed by atoms with Crippen LogP contribution >= 0.6 is 0 Å². The summed E-state index contributed by atoms with van der Waals surface area (Å²) in [6.45, 7) is 4.37. The summed E-state index contributed by atoms with van der Waals surface area (Å²) in [5.41, 5.74) is 2.75. The van der Waals surface area contributed by atoms with Gasteiger partial charge < -0.3 is 15.0 Å². The molecule has 2 fully saturated rings. The highest BCUT2D eigenvalue weighted by Gasteiger charge is 2.38. The Morgan fingerprint density at radius 1 is 1.22 bits per heavy atom. The smallest absolute Gasteiger partial charge is 0.271 e. The number of aryl methyl sites for hydroxylation is 2. The molecule has 2 saturated heterocycles. The van der Waals surface area contributed by atoms with E-state index in [4.69, 9.17) is 4.74 Å². The number of amides is 1. The number of carbonyl (C=O) groups excluding carboxylic acids is 1. The summed E-state index contributed by atoms with van der Waals surface area (Å²) in [4.78, 5) is 15.0. The molecule has 2 aliphatic rings. The minimum atomic E-state index is -0.0887. The first-order valence-electron chi connectivity index (χ1n) is 9.76. The summed E-state index contributed by atoms with van der Waals surface area (Å²) in [5, 5.41) is 7.55. The van der Waals surface area contributed by atoms with Gasteiger partial charge in [0.15, 0.2) is 6.73 Å². The van der Waals surface area contributed by atoms with Crippen molar-refractivity contribution in [3.8, 4) is 5.75 Å². The van der Waals surface area contributed by atoms with E-state index in [1.807, 2.05) is 19.1 Å². The molecule has 6 heteroatoms. The number of ether oxygens (including phenoxy) is 1. The van der Waals surface area contributed by atoms with Gasteiger partial charge in [-0.15, -0.1) is 0 Å². The minimum Gasteiger partial charge on any atom is -0.471 e. The number of nitrogens with one attached hydrogen (secondary N) is 1. The predicted octanol–water partition coefficient (Wildman–Crippen LogP) is 2.89. The third-order valence-electron chi connectivity index (χ3n) is 5.99. The lowest BCUT2D eigenvalue weighted by atomic mass is 9.98. The highest BCUT2D eigenvalue weighted by atomic mass is 16.5. The monoisotopic (exact) mass is 368 g/mol. The van der Waals surface area contributed by atoms with E-state index in [1.54, 1.807) is 16.9 Å². The molecule has 0 unspecified atom stereocenters. The van der Waals surface area contributed by atoms with E-state index in [9.17, 15) is 4.79 Å². The van der Waals surface area contributed by atoms with Gasteiger partial charge in [-0.3, -0.25) is 4.79 Å². The average Bonchev–Trinajstić information content (AvgIpc) is 3.16. The Kier molecular flexibility index (Phi) is 4.91. The summed E-state index contributed by atoms with van der Waals surface area (Å²) in [7, 11) is 2.21. The Bertz CT molecular complexity index is 817. The number of piperidine rings is 1. The number of benzene rings is 1. The lowest BCUT2D eigenvalue weighted by molar-refractivity contribution is 0.0875. The maximum Gasteiger partial charge on any atom is 0.271 e. The van der Waals surface area contributed by atoms with Crippen molar-refractivity contribution in [3.63, 3.8) is 0 Å². The zero-order valence-electron chi connectivity index (χ0n) is 16.3. The summed E-state index contributed by atoms with van der Waals surface area (Å²) < 4.78 is 7.49. The van der Waals surface area contributed by atoms with Crippen LogP contribution in [0, 0.1) is 13.8 Å². The number of nitrogens with zero attached hydrogens (tertiary/aromatic N) is 3. The molecule has 2 atom stereocenters. The largest absolute Gasteiger partial charge is 0.471 e.